The van der Waals surface area contributed by atoms with Crippen molar-refractivity contribution in [3.05, 3.63) is 35.6 Å². The SMILES string of the molecule is CCOC(=O)CC(N)c1ccccc1F.Cl. The van der Waals surface area contributed by atoms with E-state index in [-0.39, 0.29) is 18.8 Å². The molecule has 0 aliphatic carbocycles. The van der Waals surface area contributed by atoms with Gasteiger partial charge in [-0.1, -0.05) is 18.2 Å². The molecule has 0 bridgehead atoms. The minimum atomic E-state index is -0.648. The van der Waals surface area contributed by atoms with E-state index in [0.29, 0.717) is 12.2 Å². The third kappa shape index (κ3) is 4.16. The molecule has 0 aliphatic heterocycles. The summed E-state index contributed by atoms with van der Waals surface area (Å²) in [5.41, 5.74) is 6.02. The van der Waals surface area contributed by atoms with Crippen molar-refractivity contribution in [2.24, 2.45) is 5.73 Å². The fourth-order valence-electron chi connectivity index (χ4n) is 1.29. The molecule has 90 valence electrons. The van der Waals surface area contributed by atoms with Crippen LogP contribution in [0.1, 0.15) is 24.9 Å². The maximum atomic E-state index is 13.2. The van der Waals surface area contributed by atoms with Crippen LogP contribution in [0.15, 0.2) is 24.3 Å². The smallest absolute Gasteiger partial charge is 0.307 e. The van der Waals surface area contributed by atoms with Gasteiger partial charge in [0.25, 0.3) is 0 Å². The van der Waals surface area contributed by atoms with Crippen LogP contribution >= 0.6 is 12.4 Å². The maximum Gasteiger partial charge on any atom is 0.307 e. The Kier molecular flexibility index (Phi) is 6.69. The lowest BCUT2D eigenvalue weighted by Crippen LogP contribution is -2.18. The topological polar surface area (TPSA) is 52.3 Å². The fraction of sp³-hybridized carbons (Fsp3) is 0.364. The Labute approximate surface area is 100 Å². The van der Waals surface area contributed by atoms with Crippen LogP contribution in [0.3, 0.4) is 0 Å². The molecule has 0 aromatic heterocycles. The van der Waals surface area contributed by atoms with Crippen molar-refractivity contribution < 1.29 is 13.9 Å². The fourth-order valence-corrected chi connectivity index (χ4v) is 1.29. The van der Waals surface area contributed by atoms with Crippen LogP contribution in [-0.2, 0) is 9.53 Å². The van der Waals surface area contributed by atoms with Gasteiger partial charge in [-0.2, -0.15) is 0 Å². The number of carbonyl (C=O) groups excluding carboxylic acids is 1. The molecule has 0 spiro atoms. The van der Waals surface area contributed by atoms with E-state index in [1.54, 1.807) is 25.1 Å². The van der Waals surface area contributed by atoms with Crippen LogP contribution in [0, 0.1) is 5.82 Å². The molecular formula is C11H15ClFNO2. The summed E-state index contributed by atoms with van der Waals surface area (Å²) in [6.45, 7) is 2.02. The van der Waals surface area contributed by atoms with E-state index in [2.05, 4.69) is 0 Å². The molecule has 1 rings (SSSR count). The summed E-state index contributed by atoms with van der Waals surface area (Å²) < 4.78 is 18.0. The van der Waals surface area contributed by atoms with Gasteiger partial charge < -0.3 is 10.5 Å². The summed E-state index contributed by atoms with van der Waals surface area (Å²) in [7, 11) is 0. The summed E-state index contributed by atoms with van der Waals surface area (Å²) in [5.74, 6) is -0.803. The Morgan fingerprint density at radius 3 is 2.69 bits per heavy atom. The molecule has 1 aromatic carbocycles. The van der Waals surface area contributed by atoms with E-state index in [0.717, 1.165) is 0 Å². The number of carbonyl (C=O) groups is 1. The zero-order chi connectivity index (χ0) is 11.3. The number of halogens is 2. The molecule has 0 radical (unpaired) electrons. The average Bonchev–Trinajstić information content (AvgIpc) is 2.18. The first-order chi connectivity index (χ1) is 7.15. The van der Waals surface area contributed by atoms with Gasteiger partial charge in [0, 0.05) is 11.6 Å². The van der Waals surface area contributed by atoms with Gasteiger partial charge in [0.1, 0.15) is 5.82 Å². The van der Waals surface area contributed by atoms with Crippen molar-refractivity contribution in [2.45, 2.75) is 19.4 Å². The van der Waals surface area contributed by atoms with Gasteiger partial charge in [-0.3, -0.25) is 4.79 Å². The van der Waals surface area contributed by atoms with Crippen molar-refractivity contribution in [1.29, 1.82) is 0 Å². The monoisotopic (exact) mass is 247 g/mol. The molecular weight excluding hydrogens is 233 g/mol. The zero-order valence-corrected chi connectivity index (χ0v) is 9.80. The van der Waals surface area contributed by atoms with Gasteiger partial charge in [-0.05, 0) is 13.0 Å². The van der Waals surface area contributed by atoms with Gasteiger partial charge in [0.15, 0.2) is 0 Å². The number of nitrogens with two attached hydrogens (primary N) is 1. The Bertz CT molecular complexity index is 347. The molecule has 3 nitrogen and oxygen atoms in total. The second-order valence-corrected chi connectivity index (χ2v) is 3.14. The van der Waals surface area contributed by atoms with Gasteiger partial charge >= 0.3 is 5.97 Å². The second-order valence-electron chi connectivity index (χ2n) is 3.14. The van der Waals surface area contributed by atoms with Crippen molar-refractivity contribution in [3.63, 3.8) is 0 Å². The minimum Gasteiger partial charge on any atom is -0.466 e. The van der Waals surface area contributed by atoms with Crippen LogP contribution in [0.25, 0.3) is 0 Å². The Balaban J connectivity index is 0.00000225. The summed E-state index contributed by atoms with van der Waals surface area (Å²) in [6, 6.07) is 5.50. The molecule has 5 heteroatoms. The highest BCUT2D eigenvalue weighted by molar-refractivity contribution is 5.85. The molecule has 2 N–H and O–H groups in total. The van der Waals surface area contributed by atoms with Crippen molar-refractivity contribution in [3.8, 4) is 0 Å². The highest BCUT2D eigenvalue weighted by Gasteiger charge is 2.15. The maximum absolute atomic E-state index is 13.2. The summed E-state index contributed by atoms with van der Waals surface area (Å²) >= 11 is 0. The van der Waals surface area contributed by atoms with Gasteiger partial charge in [0.05, 0.1) is 13.0 Å². The first kappa shape index (κ1) is 14.9. The Morgan fingerprint density at radius 1 is 1.50 bits per heavy atom. The Hall–Kier alpha value is -1.13. The largest absolute Gasteiger partial charge is 0.466 e. The number of ether oxygens (including phenoxy) is 1. The van der Waals surface area contributed by atoms with Crippen LogP contribution in [0.5, 0.6) is 0 Å². The first-order valence-electron chi connectivity index (χ1n) is 4.80. The van der Waals surface area contributed by atoms with Crippen molar-refractivity contribution in [1.82, 2.24) is 0 Å². The van der Waals surface area contributed by atoms with E-state index in [4.69, 9.17) is 10.5 Å². The number of esters is 1. The lowest BCUT2D eigenvalue weighted by Gasteiger charge is -2.11. The van der Waals surface area contributed by atoms with Crippen LogP contribution < -0.4 is 5.73 Å². The number of benzene rings is 1. The molecule has 1 aromatic rings. The van der Waals surface area contributed by atoms with E-state index in [1.807, 2.05) is 0 Å². The number of hydrogen-bond acceptors (Lipinski definition) is 3. The van der Waals surface area contributed by atoms with E-state index in [9.17, 15) is 9.18 Å². The Morgan fingerprint density at radius 2 is 2.12 bits per heavy atom. The zero-order valence-electron chi connectivity index (χ0n) is 8.98. The number of hydrogen-bond donors (Lipinski definition) is 1. The molecule has 1 atom stereocenters. The standard InChI is InChI=1S/C11H14FNO2.ClH/c1-2-15-11(14)7-10(13)8-5-3-4-6-9(8)12;/h3-6,10H,2,7,13H2,1H3;1H. The average molecular weight is 248 g/mol. The molecule has 0 fully saturated rings. The van der Waals surface area contributed by atoms with E-state index >= 15 is 0 Å². The van der Waals surface area contributed by atoms with E-state index in [1.165, 1.54) is 6.07 Å². The van der Waals surface area contributed by atoms with Crippen LogP contribution in [0.2, 0.25) is 0 Å². The molecule has 0 aliphatic rings. The molecule has 1 unspecified atom stereocenters. The lowest BCUT2D eigenvalue weighted by molar-refractivity contribution is -0.143. The highest BCUT2D eigenvalue weighted by atomic mass is 35.5. The molecule has 0 amide bonds. The summed E-state index contributed by atoms with van der Waals surface area (Å²) in [5, 5.41) is 0. The molecule has 16 heavy (non-hydrogen) atoms. The quantitative estimate of drug-likeness (QED) is 0.830. The lowest BCUT2D eigenvalue weighted by atomic mass is 10.0. The highest BCUT2D eigenvalue weighted by Crippen LogP contribution is 2.17. The molecule has 0 saturated carbocycles. The summed E-state index contributed by atoms with van der Waals surface area (Å²) in [4.78, 5) is 11.1. The van der Waals surface area contributed by atoms with Gasteiger partial charge in [-0.15, -0.1) is 12.4 Å². The van der Waals surface area contributed by atoms with Crippen molar-refractivity contribution in [2.75, 3.05) is 6.61 Å². The predicted molar refractivity (Wildman–Crippen MR) is 61.8 cm³/mol. The van der Waals surface area contributed by atoms with E-state index < -0.39 is 17.8 Å². The molecule has 0 saturated heterocycles. The summed E-state index contributed by atoms with van der Waals surface area (Å²) in [6.07, 6.45) is -0.00519. The second kappa shape index (κ2) is 7.19. The third-order valence-corrected chi connectivity index (χ3v) is 2.00. The molecule has 0 heterocycles. The third-order valence-electron chi connectivity index (χ3n) is 2.00. The van der Waals surface area contributed by atoms with Gasteiger partial charge in [-0.25, -0.2) is 4.39 Å². The normalized spacial score (nSPS) is 11.4. The predicted octanol–water partition coefficient (Wildman–Crippen LogP) is 2.20. The number of rotatable bonds is 4. The first-order valence-corrected chi connectivity index (χ1v) is 4.80. The van der Waals surface area contributed by atoms with Gasteiger partial charge in [0.2, 0.25) is 0 Å². The van der Waals surface area contributed by atoms with Crippen molar-refractivity contribution >= 4 is 18.4 Å². The minimum absolute atomic E-state index is 0. The van der Waals surface area contributed by atoms with Crippen LogP contribution in [0.4, 0.5) is 4.39 Å². The van der Waals surface area contributed by atoms with Crippen LogP contribution in [-0.4, -0.2) is 12.6 Å².